The zero-order valence-electron chi connectivity index (χ0n) is 13.8. The molecule has 1 atom stereocenters. The lowest BCUT2D eigenvalue weighted by Crippen LogP contribution is -2.44. The third kappa shape index (κ3) is 9.01. The van der Waals surface area contributed by atoms with Crippen LogP contribution >= 0.6 is 63.7 Å². The number of morpholine rings is 1. The highest BCUT2D eigenvalue weighted by molar-refractivity contribution is 9.10. The lowest BCUT2D eigenvalue weighted by Gasteiger charge is -2.30. The molecule has 0 spiro atoms. The van der Waals surface area contributed by atoms with Crippen LogP contribution in [-0.2, 0) is 23.8 Å². The van der Waals surface area contributed by atoms with Crippen molar-refractivity contribution in [3.63, 3.8) is 0 Å². The topological polar surface area (TPSA) is 65.1 Å². The molecule has 0 aromatic carbocycles. The fourth-order valence-electron chi connectivity index (χ4n) is 2.08. The zero-order chi connectivity index (χ0) is 18.7. The van der Waals surface area contributed by atoms with E-state index in [4.69, 9.17) is 14.2 Å². The molecule has 1 unspecified atom stereocenters. The van der Waals surface area contributed by atoms with Crippen LogP contribution in [0.25, 0.3) is 0 Å². The van der Waals surface area contributed by atoms with Gasteiger partial charge in [-0.25, -0.2) is 0 Å². The molecular formula is C15H23Br4NO5. The van der Waals surface area contributed by atoms with Gasteiger partial charge in [0.1, 0.15) is 12.7 Å². The molecule has 1 saturated heterocycles. The van der Waals surface area contributed by atoms with Crippen LogP contribution in [0.5, 0.6) is 0 Å². The molecule has 1 aliphatic rings. The zero-order valence-corrected chi connectivity index (χ0v) is 20.1. The van der Waals surface area contributed by atoms with E-state index in [1.807, 2.05) is 0 Å². The van der Waals surface area contributed by atoms with E-state index >= 15 is 0 Å². The number of hydrogen-bond acceptors (Lipinski definition) is 6. The van der Waals surface area contributed by atoms with Gasteiger partial charge in [-0.3, -0.25) is 14.5 Å². The van der Waals surface area contributed by atoms with Crippen LogP contribution in [0.2, 0.25) is 0 Å². The van der Waals surface area contributed by atoms with Crippen LogP contribution in [0.1, 0.15) is 0 Å². The largest absolute Gasteiger partial charge is 0.461 e. The number of carbonyl (C=O) groups excluding carboxylic acids is 2. The van der Waals surface area contributed by atoms with Gasteiger partial charge in [-0.15, -0.1) is 0 Å². The summed E-state index contributed by atoms with van der Waals surface area (Å²) in [5, 5.41) is 2.05. The predicted molar refractivity (Wildman–Crippen MR) is 110 cm³/mol. The van der Waals surface area contributed by atoms with Crippen molar-refractivity contribution in [3.05, 3.63) is 0 Å². The smallest absolute Gasteiger partial charge is 0.311 e. The molecule has 6 nitrogen and oxygen atoms in total. The fraction of sp³-hybridized carbons (Fsp3) is 0.867. The minimum Gasteiger partial charge on any atom is -0.461 e. The van der Waals surface area contributed by atoms with Crippen LogP contribution < -0.4 is 0 Å². The van der Waals surface area contributed by atoms with Gasteiger partial charge in [0.15, 0.2) is 0 Å². The molecule has 146 valence electrons. The molecule has 0 aliphatic carbocycles. The van der Waals surface area contributed by atoms with Crippen molar-refractivity contribution in [1.29, 1.82) is 0 Å². The highest BCUT2D eigenvalue weighted by Gasteiger charge is 2.26. The highest BCUT2D eigenvalue weighted by Crippen LogP contribution is 2.13. The normalized spacial score (nSPS) is 16.9. The average molecular weight is 617 g/mol. The molecule has 0 bridgehead atoms. The lowest BCUT2D eigenvalue weighted by atomic mass is 10.2. The van der Waals surface area contributed by atoms with Crippen molar-refractivity contribution < 1.29 is 23.8 Å². The summed E-state index contributed by atoms with van der Waals surface area (Å²) in [6, 6.07) is 0. The minimum absolute atomic E-state index is 0.0513. The molecule has 0 saturated carbocycles. The quantitative estimate of drug-likeness (QED) is 0.263. The average Bonchev–Trinajstić information content (AvgIpc) is 2.62. The highest BCUT2D eigenvalue weighted by atomic mass is 79.9. The Morgan fingerprint density at radius 1 is 0.920 bits per heavy atom. The first kappa shape index (κ1) is 23.8. The summed E-state index contributed by atoms with van der Waals surface area (Å²) in [6.45, 7) is 3.42. The Morgan fingerprint density at radius 3 is 1.96 bits per heavy atom. The predicted octanol–water partition coefficient (Wildman–Crippen LogP) is 2.59. The molecule has 0 radical (unpaired) electrons. The Bertz CT molecular complexity index is 401. The van der Waals surface area contributed by atoms with Crippen molar-refractivity contribution in [2.24, 2.45) is 11.8 Å². The summed E-state index contributed by atoms with van der Waals surface area (Å²) in [6.07, 6.45) is -0.499. The number of ether oxygens (including phenoxy) is 3. The van der Waals surface area contributed by atoms with Gasteiger partial charge in [-0.2, -0.15) is 0 Å². The second-order valence-corrected chi connectivity index (χ2v) is 8.20. The Labute approximate surface area is 182 Å². The molecule has 0 amide bonds. The van der Waals surface area contributed by atoms with E-state index < -0.39 is 6.10 Å². The molecule has 1 heterocycles. The number of halogens is 4. The van der Waals surface area contributed by atoms with E-state index in [2.05, 4.69) is 68.6 Å². The summed E-state index contributed by atoms with van der Waals surface area (Å²) >= 11 is 13.2. The maximum absolute atomic E-state index is 12.3. The summed E-state index contributed by atoms with van der Waals surface area (Å²) in [5.74, 6) is -1.16. The first-order valence-electron chi connectivity index (χ1n) is 7.96. The summed E-state index contributed by atoms with van der Waals surface area (Å²) in [4.78, 5) is 26.5. The molecular weight excluding hydrogens is 594 g/mol. The van der Waals surface area contributed by atoms with Gasteiger partial charge >= 0.3 is 11.9 Å². The maximum atomic E-state index is 12.3. The van der Waals surface area contributed by atoms with Crippen LogP contribution in [0.15, 0.2) is 0 Å². The molecule has 0 aromatic heterocycles. The number of hydrogen-bond donors (Lipinski definition) is 0. The van der Waals surface area contributed by atoms with Crippen molar-refractivity contribution in [2.45, 2.75) is 6.10 Å². The Hall–Kier alpha value is 0.780. The van der Waals surface area contributed by atoms with E-state index in [1.165, 1.54) is 0 Å². The maximum Gasteiger partial charge on any atom is 0.311 e. The SMILES string of the molecule is O=C(OCC(CN1CCOCC1)OC(=O)C(CBr)CBr)C(CBr)CBr. The summed E-state index contributed by atoms with van der Waals surface area (Å²) in [7, 11) is 0. The number of carbonyl (C=O) groups is 2. The number of alkyl halides is 4. The number of esters is 2. The van der Waals surface area contributed by atoms with Gasteiger partial charge in [0.05, 0.1) is 25.0 Å². The summed E-state index contributed by atoms with van der Waals surface area (Å²) < 4.78 is 16.3. The molecule has 0 aromatic rings. The second-order valence-electron chi connectivity index (χ2n) is 5.61. The number of rotatable bonds is 11. The van der Waals surface area contributed by atoms with Crippen LogP contribution in [-0.4, -0.2) is 83.7 Å². The van der Waals surface area contributed by atoms with E-state index in [0.29, 0.717) is 41.1 Å². The van der Waals surface area contributed by atoms with Crippen molar-refractivity contribution >= 4 is 75.7 Å². The third-order valence-corrected chi connectivity index (χ3v) is 6.80. The molecule has 0 N–H and O–H groups in total. The second kappa shape index (κ2) is 13.9. The molecule has 25 heavy (non-hydrogen) atoms. The van der Waals surface area contributed by atoms with Gasteiger partial charge in [0.25, 0.3) is 0 Å². The van der Waals surface area contributed by atoms with E-state index in [0.717, 1.165) is 13.1 Å². The summed E-state index contributed by atoms with van der Waals surface area (Å²) in [5.41, 5.74) is 0. The van der Waals surface area contributed by atoms with Gasteiger partial charge in [0, 0.05) is 41.0 Å². The monoisotopic (exact) mass is 613 g/mol. The Morgan fingerprint density at radius 2 is 1.44 bits per heavy atom. The Kier molecular flexibility index (Phi) is 13.2. The van der Waals surface area contributed by atoms with Crippen molar-refractivity contribution in [3.8, 4) is 0 Å². The Balaban J connectivity index is 2.62. The number of nitrogens with zero attached hydrogens (tertiary/aromatic N) is 1. The van der Waals surface area contributed by atoms with Gasteiger partial charge in [0.2, 0.25) is 0 Å². The first-order valence-corrected chi connectivity index (χ1v) is 12.4. The third-order valence-electron chi connectivity index (χ3n) is 3.67. The van der Waals surface area contributed by atoms with Crippen LogP contribution in [0.4, 0.5) is 0 Å². The molecule has 10 heteroatoms. The van der Waals surface area contributed by atoms with Gasteiger partial charge < -0.3 is 14.2 Å². The van der Waals surface area contributed by atoms with Gasteiger partial charge in [-0.05, 0) is 0 Å². The minimum atomic E-state index is -0.499. The van der Waals surface area contributed by atoms with E-state index in [9.17, 15) is 9.59 Å². The van der Waals surface area contributed by atoms with Crippen LogP contribution in [0, 0.1) is 11.8 Å². The molecule has 1 fully saturated rings. The van der Waals surface area contributed by atoms with E-state index in [1.54, 1.807) is 0 Å². The molecule has 1 aliphatic heterocycles. The van der Waals surface area contributed by atoms with E-state index in [-0.39, 0.29) is 30.4 Å². The van der Waals surface area contributed by atoms with Crippen molar-refractivity contribution in [2.75, 3.05) is 60.8 Å². The molecule has 1 rings (SSSR count). The first-order chi connectivity index (χ1) is 12.0. The van der Waals surface area contributed by atoms with Gasteiger partial charge in [-0.1, -0.05) is 63.7 Å². The van der Waals surface area contributed by atoms with Crippen LogP contribution in [0.3, 0.4) is 0 Å². The van der Waals surface area contributed by atoms with Crippen molar-refractivity contribution in [1.82, 2.24) is 4.90 Å². The lowest BCUT2D eigenvalue weighted by molar-refractivity contribution is -0.164. The fourth-order valence-corrected chi connectivity index (χ4v) is 5.29. The standard InChI is InChI=1S/C15H23Br4NO5/c16-5-11(6-17)14(21)24-10-13(9-20-1-3-23-4-2-20)25-15(22)12(7-18)8-19/h11-13H,1-10H2.